The molecule has 2 aliphatic carbocycles. The van der Waals surface area contributed by atoms with E-state index in [2.05, 4.69) is 0 Å². The van der Waals surface area contributed by atoms with Gasteiger partial charge in [-0.1, -0.05) is 43.0 Å². The maximum absolute atomic E-state index is 13.3. The minimum atomic E-state index is -0.400. The summed E-state index contributed by atoms with van der Waals surface area (Å²) < 4.78 is 0. The van der Waals surface area contributed by atoms with Gasteiger partial charge in [0.2, 0.25) is 11.8 Å². The Bertz CT molecular complexity index is 687. The minimum Gasteiger partial charge on any atom is -0.339 e. The third-order valence-electron chi connectivity index (χ3n) is 6.58. The lowest BCUT2D eigenvalue weighted by Crippen LogP contribution is -2.57. The second-order valence-electron chi connectivity index (χ2n) is 8.04. The lowest BCUT2D eigenvalue weighted by molar-refractivity contribution is -0.147. The van der Waals surface area contributed by atoms with Gasteiger partial charge in [0.05, 0.1) is 5.41 Å². The molecule has 0 spiro atoms. The number of carbonyl (C=O) groups excluding carboxylic acids is 2. The average molecular weight is 375 g/mol. The van der Waals surface area contributed by atoms with Gasteiger partial charge in [-0.2, -0.15) is 0 Å². The Balaban J connectivity index is 1.42. The van der Waals surface area contributed by atoms with Crippen molar-refractivity contribution in [2.45, 2.75) is 50.4 Å². The van der Waals surface area contributed by atoms with Crippen molar-refractivity contribution in [3.05, 3.63) is 34.9 Å². The number of hydrogen-bond donors (Lipinski definition) is 0. The summed E-state index contributed by atoms with van der Waals surface area (Å²) >= 11 is 6.17. The van der Waals surface area contributed by atoms with Crippen molar-refractivity contribution in [3.63, 3.8) is 0 Å². The first kappa shape index (κ1) is 17.8. The highest BCUT2D eigenvalue weighted by atomic mass is 35.5. The van der Waals surface area contributed by atoms with Gasteiger partial charge in [-0.15, -0.1) is 0 Å². The summed E-state index contributed by atoms with van der Waals surface area (Å²) in [5.41, 5.74) is 0.647. The molecule has 1 heterocycles. The van der Waals surface area contributed by atoms with Gasteiger partial charge in [0, 0.05) is 37.1 Å². The molecule has 0 atom stereocenters. The number of piperazine rings is 1. The molecule has 3 aliphatic rings. The van der Waals surface area contributed by atoms with Crippen molar-refractivity contribution < 1.29 is 9.59 Å². The minimum absolute atomic E-state index is 0.221. The van der Waals surface area contributed by atoms with E-state index in [1.165, 1.54) is 12.8 Å². The highest BCUT2D eigenvalue weighted by Crippen LogP contribution is 2.46. The highest BCUT2D eigenvalue weighted by molar-refractivity contribution is 6.30. The normalized spacial score (nSPS) is 23.0. The largest absolute Gasteiger partial charge is 0.339 e. The molecular formula is C21H27ClN2O2. The van der Waals surface area contributed by atoms with Crippen LogP contribution in [0.25, 0.3) is 0 Å². The number of hydrogen-bond acceptors (Lipinski definition) is 2. The van der Waals surface area contributed by atoms with Crippen LogP contribution in [-0.4, -0.2) is 47.8 Å². The predicted molar refractivity (Wildman–Crippen MR) is 102 cm³/mol. The zero-order valence-electron chi connectivity index (χ0n) is 15.3. The van der Waals surface area contributed by atoms with Crippen molar-refractivity contribution in [2.24, 2.45) is 5.92 Å². The van der Waals surface area contributed by atoms with E-state index < -0.39 is 5.41 Å². The number of amides is 2. The van der Waals surface area contributed by atoms with Gasteiger partial charge in [0.15, 0.2) is 0 Å². The van der Waals surface area contributed by atoms with Crippen molar-refractivity contribution in [2.75, 3.05) is 26.2 Å². The monoisotopic (exact) mass is 374 g/mol. The van der Waals surface area contributed by atoms with Gasteiger partial charge >= 0.3 is 0 Å². The number of nitrogens with zero attached hydrogens (tertiary/aromatic N) is 2. The van der Waals surface area contributed by atoms with E-state index >= 15 is 0 Å². The number of rotatable bonds is 3. The first-order chi connectivity index (χ1) is 12.6. The van der Waals surface area contributed by atoms with Crippen LogP contribution in [0.3, 0.4) is 0 Å². The van der Waals surface area contributed by atoms with Crippen molar-refractivity contribution in [1.82, 2.24) is 9.80 Å². The Kier molecular flexibility index (Phi) is 4.96. The standard InChI is InChI=1S/C21H27ClN2O2/c22-18-8-3-7-17(15-18)21(9-4-10-21)20(26)24-13-11-23(12-14-24)19(25)16-5-1-2-6-16/h3,7-8,15-16H,1-2,4-6,9-14H2. The Morgan fingerprint density at radius 2 is 1.62 bits per heavy atom. The molecule has 5 heteroatoms. The van der Waals surface area contributed by atoms with Gasteiger partial charge in [-0.3, -0.25) is 9.59 Å². The van der Waals surface area contributed by atoms with E-state index in [0.29, 0.717) is 37.1 Å². The third kappa shape index (κ3) is 3.13. The third-order valence-corrected chi connectivity index (χ3v) is 6.81. The smallest absolute Gasteiger partial charge is 0.233 e. The van der Waals surface area contributed by atoms with Gasteiger partial charge in [0.1, 0.15) is 0 Å². The maximum Gasteiger partial charge on any atom is 0.233 e. The van der Waals surface area contributed by atoms with Crippen LogP contribution in [0.4, 0.5) is 0 Å². The SMILES string of the molecule is O=C(C1CCCC1)N1CCN(C(=O)C2(c3cccc(Cl)c3)CCC2)CC1. The van der Waals surface area contributed by atoms with E-state index in [1.54, 1.807) is 0 Å². The van der Waals surface area contributed by atoms with Crippen LogP contribution in [0.1, 0.15) is 50.5 Å². The molecule has 2 saturated carbocycles. The molecular weight excluding hydrogens is 348 g/mol. The van der Waals surface area contributed by atoms with Crippen molar-refractivity contribution in [3.8, 4) is 0 Å². The molecule has 1 aliphatic heterocycles. The Labute approximate surface area is 160 Å². The average Bonchev–Trinajstić information content (AvgIpc) is 3.15. The van der Waals surface area contributed by atoms with Crippen LogP contribution in [0.2, 0.25) is 5.02 Å². The fourth-order valence-electron chi connectivity index (χ4n) is 4.81. The van der Waals surface area contributed by atoms with Gasteiger partial charge in [-0.25, -0.2) is 0 Å². The van der Waals surface area contributed by atoms with Gasteiger partial charge < -0.3 is 9.80 Å². The summed E-state index contributed by atoms with van der Waals surface area (Å²) in [4.78, 5) is 29.9. The molecule has 0 aromatic heterocycles. The first-order valence-electron chi connectivity index (χ1n) is 9.94. The van der Waals surface area contributed by atoms with Crippen LogP contribution in [0.15, 0.2) is 24.3 Å². The van der Waals surface area contributed by atoms with Crippen LogP contribution in [0, 0.1) is 5.92 Å². The predicted octanol–water partition coefficient (Wildman–Crippen LogP) is 3.62. The highest BCUT2D eigenvalue weighted by Gasteiger charge is 2.48. The fourth-order valence-corrected chi connectivity index (χ4v) is 5.00. The van der Waals surface area contributed by atoms with E-state index in [0.717, 1.165) is 37.7 Å². The second-order valence-corrected chi connectivity index (χ2v) is 8.48. The molecule has 1 saturated heterocycles. The summed E-state index contributed by atoms with van der Waals surface area (Å²) in [6, 6.07) is 7.76. The lowest BCUT2D eigenvalue weighted by atomic mass is 9.63. The Hall–Kier alpha value is -1.55. The van der Waals surface area contributed by atoms with E-state index in [1.807, 2.05) is 34.1 Å². The summed E-state index contributed by atoms with van der Waals surface area (Å²) in [5.74, 6) is 0.753. The van der Waals surface area contributed by atoms with Crippen LogP contribution in [0.5, 0.6) is 0 Å². The Morgan fingerprint density at radius 3 is 2.19 bits per heavy atom. The lowest BCUT2D eigenvalue weighted by Gasteiger charge is -2.46. The van der Waals surface area contributed by atoms with E-state index in [9.17, 15) is 9.59 Å². The summed E-state index contributed by atoms with van der Waals surface area (Å²) in [7, 11) is 0. The van der Waals surface area contributed by atoms with Crippen LogP contribution < -0.4 is 0 Å². The van der Waals surface area contributed by atoms with Gasteiger partial charge in [-0.05, 0) is 43.4 Å². The maximum atomic E-state index is 13.3. The molecule has 0 bridgehead atoms. The molecule has 1 aromatic carbocycles. The number of benzene rings is 1. The quantitative estimate of drug-likeness (QED) is 0.810. The molecule has 26 heavy (non-hydrogen) atoms. The van der Waals surface area contributed by atoms with E-state index in [-0.39, 0.29) is 11.8 Å². The second kappa shape index (κ2) is 7.22. The molecule has 4 rings (SSSR count). The Morgan fingerprint density at radius 1 is 0.962 bits per heavy atom. The molecule has 1 aromatic rings. The molecule has 4 nitrogen and oxygen atoms in total. The zero-order valence-corrected chi connectivity index (χ0v) is 16.0. The molecule has 0 radical (unpaired) electrons. The van der Waals surface area contributed by atoms with E-state index in [4.69, 9.17) is 11.6 Å². The fraction of sp³-hybridized carbons (Fsp3) is 0.619. The van der Waals surface area contributed by atoms with Gasteiger partial charge in [0.25, 0.3) is 0 Å². The van der Waals surface area contributed by atoms with Crippen LogP contribution in [-0.2, 0) is 15.0 Å². The zero-order chi connectivity index (χ0) is 18.1. The number of carbonyl (C=O) groups is 2. The molecule has 0 N–H and O–H groups in total. The van der Waals surface area contributed by atoms with Crippen molar-refractivity contribution >= 4 is 23.4 Å². The summed E-state index contributed by atoms with van der Waals surface area (Å²) in [5, 5.41) is 0.688. The molecule has 3 fully saturated rings. The van der Waals surface area contributed by atoms with Crippen LogP contribution >= 0.6 is 11.6 Å². The molecule has 0 unspecified atom stereocenters. The summed E-state index contributed by atoms with van der Waals surface area (Å²) in [6.07, 6.45) is 7.30. The van der Waals surface area contributed by atoms with Crippen molar-refractivity contribution in [1.29, 1.82) is 0 Å². The topological polar surface area (TPSA) is 40.6 Å². The number of halogens is 1. The molecule has 2 amide bonds. The summed E-state index contributed by atoms with van der Waals surface area (Å²) in [6.45, 7) is 2.65. The molecule has 140 valence electrons. The first-order valence-corrected chi connectivity index (χ1v) is 10.3.